The molecule has 0 aliphatic heterocycles. The number of hydrogen-bond donors (Lipinski definition) is 0. The maximum atomic E-state index is 12.3. The van der Waals surface area contributed by atoms with E-state index in [1.165, 1.54) is 5.56 Å². The molecule has 1 aliphatic carbocycles. The Labute approximate surface area is 117 Å². The van der Waals surface area contributed by atoms with Crippen LogP contribution in [-0.4, -0.2) is 11.6 Å². The smallest absolute Gasteiger partial charge is 0.197 e. The van der Waals surface area contributed by atoms with Gasteiger partial charge in [-0.3, -0.25) is 9.59 Å². The molecule has 0 saturated carbocycles. The van der Waals surface area contributed by atoms with Gasteiger partial charge in [-0.2, -0.15) is 0 Å². The molecule has 0 unspecified atom stereocenters. The van der Waals surface area contributed by atoms with E-state index in [4.69, 9.17) is 0 Å². The van der Waals surface area contributed by atoms with Gasteiger partial charge in [0.1, 0.15) is 0 Å². The van der Waals surface area contributed by atoms with Crippen molar-refractivity contribution in [3.8, 4) is 0 Å². The molecule has 2 aromatic carbocycles. The molecule has 3 rings (SSSR count). The third kappa shape index (κ3) is 1.90. The van der Waals surface area contributed by atoms with Gasteiger partial charge in [-0.25, -0.2) is 0 Å². The Kier molecular flexibility index (Phi) is 2.87. The fourth-order valence-electron chi connectivity index (χ4n) is 2.42. The summed E-state index contributed by atoms with van der Waals surface area (Å²) in [4.78, 5) is 24.5. The molecule has 0 spiro atoms. The molecule has 0 N–H and O–H groups in total. The number of benzene rings is 2. The minimum Gasteiger partial charge on any atom is -0.288 e. The molecule has 2 nitrogen and oxygen atoms in total. The zero-order chi connectivity index (χ0) is 14.3. The molecular formula is C18H14O2. The summed E-state index contributed by atoms with van der Waals surface area (Å²) in [5, 5.41) is 0. The Morgan fingerprint density at radius 3 is 1.95 bits per heavy atom. The summed E-state index contributed by atoms with van der Waals surface area (Å²) in [7, 11) is 0. The van der Waals surface area contributed by atoms with Crippen molar-refractivity contribution < 1.29 is 9.59 Å². The van der Waals surface area contributed by atoms with Gasteiger partial charge >= 0.3 is 0 Å². The summed E-state index contributed by atoms with van der Waals surface area (Å²) in [6.07, 6.45) is 1.69. The van der Waals surface area contributed by atoms with Crippen molar-refractivity contribution in [2.75, 3.05) is 0 Å². The van der Waals surface area contributed by atoms with Crippen LogP contribution in [0, 0.1) is 13.8 Å². The average molecular weight is 262 g/mol. The van der Waals surface area contributed by atoms with Gasteiger partial charge in [0.05, 0.1) is 5.57 Å². The second-order valence-electron chi connectivity index (χ2n) is 5.11. The van der Waals surface area contributed by atoms with Gasteiger partial charge in [0.25, 0.3) is 0 Å². The van der Waals surface area contributed by atoms with E-state index < -0.39 is 0 Å². The maximum Gasteiger partial charge on any atom is 0.197 e. The number of aryl methyl sites for hydroxylation is 2. The fraction of sp³-hybridized carbons (Fsp3) is 0.111. The fourth-order valence-corrected chi connectivity index (χ4v) is 2.42. The second-order valence-corrected chi connectivity index (χ2v) is 5.11. The van der Waals surface area contributed by atoms with E-state index in [0.717, 1.165) is 11.1 Å². The van der Waals surface area contributed by atoms with Crippen LogP contribution >= 0.6 is 0 Å². The first kappa shape index (κ1) is 12.5. The number of rotatable bonds is 1. The first-order chi connectivity index (χ1) is 9.58. The standard InChI is InChI=1S/C18H14O2/c1-11-7-8-13(9-12(11)2)10-16-17(19)14-5-3-4-6-15(14)18(16)20/h3-10H,1-2H3. The molecule has 1 aliphatic rings. The molecule has 0 radical (unpaired) electrons. The lowest BCUT2D eigenvalue weighted by molar-refractivity contribution is 0.0990. The Hall–Kier alpha value is -2.48. The van der Waals surface area contributed by atoms with E-state index in [1.54, 1.807) is 30.3 Å². The van der Waals surface area contributed by atoms with Gasteiger partial charge in [-0.15, -0.1) is 0 Å². The van der Waals surface area contributed by atoms with Crippen molar-refractivity contribution in [1.29, 1.82) is 0 Å². The molecule has 0 saturated heterocycles. The van der Waals surface area contributed by atoms with Crippen molar-refractivity contribution in [2.45, 2.75) is 13.8 Å². The Morgan fingerprint density at radius 1 is 0.800 bits per heavy atom. The molecule has 2 aromatic rings. The topological polar surface area (TPSA) is 34.1 Å². The normalized spacial score (nSPS) is 13.6. The van der Waals surface area contributed by atoms with Crippen molar-refractivity contribution in [2.24, 2.45) is 0 Å². The van der Waals surface area contributed by atoms with Crippen molar-refractivity contribution in [3.63, 3.8) is 0 Å². The lowest BCUT2D eigenvalue weighted by atomic mass is 10.0. The Morgan fingerprint density at radius 2 is 1.40 bits per heavy atom. The molecule has 2 heteroatoms. The highest BCUT2D eigenvalue weighted by molar-refractivity contribution is 6.41. The van der Waals surface area contributed by atoms with Crippen molar-refractivity contribution >= 4 is 17.6 Å². The van der Waals surface area contributed by atoms with Crippen LogP contribution in [0.5, 0.6) is 0 Å². The van der Waals surface area contributed by atoms with Crippen LogP contribution in [0.15, 0.2) is 48.0 Å². The first-order valence-electron chi connectivity index (χ1n) is 6.55. The average Bonchev–Trinajstić information content (AvgIpc) is 2.69. The van der Waals surface area contributed by atoms with E-state index >= 15 is 0 Å². The van der Waals surface area contributed by atoms with E-state index in [2.05, 4.69) is 0 Å². The minimum atomic E-state index is -0.177. The predicted molar refractivity (Wildman–Crippen MR) is 79.0 cm³/mol. The van der Waals surface area contributed by atoms with Crippen molar-refractivity contribution in [1.82, 2.24) is 0 Å². The summed E-state index contributed by atoms with van der Waals surface area (Å²) in [6, 6.07) is 12.9. The maximum absolute atomic E-state index is 12.3. The summed E-state index contributed by atoms with van der Waals surface area (Å²) >= 11 is 0. The molecule has 0 amide bonds. The number of carbonyl (C=O) groups excluding carboxylic acids is 2. The second kappa shape index (κ2) is 4.57. The van der Waals surface area contributed by atoms with Gasteiger partial charge in [0.15, 0.2) is 11.6 Å². The molecule has 0 fully saturated rings. The Bertz CT molecular complexity index is 730. The van der Waals surface area contributed by atoms with Gasteiger partial charge in [0.2, 0.25) is 0 Å². The SMILES string of the molecule is Cc1ccc(C=C2C(=O)c3ccccc3C2=O)cc1C. The molecule has 0 aromatic heterocycles. The monoisotopic (exact) mass is 262 g/mol. The van der Waals surface area contributed by atoms with Gasteiger partial charge < -0.3 is 0 Å². The highest BCUT2D eigenvalue weighted by Crippen LogP contribution is 2.27. The highest BCUT2D eigenvalue weighted by Gasteiger charge is 2.32. The van der Waals surface area contributed by atoms with Crippen LogP contribution in [0.4, 0.5) is 0 Å². The lowest BCUT2D eigenvalue weighted by Crippen LogP contribution is -2.00. The molecule has 20 heavy (non-hydrogen) atoms. The predicted octanol–water partition coefficient (Wildman–Crippen LogP) is 3.77. The number of hydrogen-bond acceptors (Lipinski definition) is 2. The summed E-state index contributed by atoms with van der Waals surface area (Å²) in [5.74, 6) is -0.354. The van der Waals surface area contributed by atoms with Crippen molar-refractivity contribution in [3.05, 3.63) is 75.9 Å². The zero-order valence-corrected chi connectivity index (χ0v) is 11.4. The highest BCUT2D eigenvalue weighted by atomic mass is 16.2. The van der Waals surface area contributed by atoms with Crippen LogP contribution in [0.25, 0.3) is 6.08 Å². The van der Waals surface area contributed by atoms with Gasteiger partial charge in [-0.05, 0) is 36.6 Å². The first-order valence-corrected chi connectivity index (χ1v) is 6.55. The number of Topliss-reactive ketones (excluding diaryl/α,β-unsaturated/α-hetero) is 2. The summed E-state index contributed by atoms with van der Waals surface area (Å²) in [6.45, 7) is 4.05. The van der Waals surface area contributed by atoms with E-state index in [-0.39, 0.29) is 17.1 Å². The summed E-state index contributed by atoms with van der Waals surface area (Å²) in [5.41, 5.74) is 4.50. The molecule has 0 atom stereocenters. The van der Waals surface area contributed by atoms with Crippen LogP contribution in [0.2, 0.25) is 0 Å². The number of allylic oxidation sites excluding steroid dienone is 1. The number of ketones is 2. The third-order valence-electron chi connectivity index (χ3n) is 3.75. The van der Waals surface area contributed by atoms with Crippen LogP contribution in [-0.2, 0) is 0 Å². The van der Waals surface area contributed by atoms with Crippen LogP contribution in [0.1, 0.15) is 37.4 Å². The third-order valence-corrected chi connectivity index (χ3v) is 3.75. The van der Waals surface area contributed by atoms with Gasteiger partial charge in [0, 0.05) is 11.1 Å². The zero-order valence-electron chi connectivity index (χ0n) is 11.4. The van der Waals surface area contributed by atoms with E-state index in [0.29, 0.717) is 11.1 Å². The number of fused-ring (bicyclic) bond motifs is 1. The summed E-state index contributed by atoms with van der Waals surface area (Å²) < 4.78 is 0. The van der Waals surface area contributed by atoms with Crippen LogP contribution < -0.4 is 0 Å². The molecular weight excluding hydrogens is 248 g/mol. The van der Waals surface area contributed by atoms with E-state index in [9.17, 15) is 9.59 Å². The lowest BCUT2D eigenvalue weighted by Gasteiger charge is -2.01. The molecule has 0 heterocycles. The largest absolute Gasteiger partial charge is 0.288 e. The minimum absolute atomic E-state index is 0.177. The Balaban J connectivity index is 2.08. The van der Waals surface area contributed by atoms with E-state index in [1.807, 2.05) is 32.0 Å². The van der Waals surface area contributed by atoms with Gasteiger partial charge in [-0.1, -0.05) is 42.5 Å². The van der Waals surface area contributed by atoms with Crippen LogP contribution in [0.3, 0.4) is 0 Å². The molecule has 0 bridgehead atoms. The molecule has 98 valence electrons. The number of carbonyl (C=O) groups is 2. The quantitative estimate of drug-likeness (QED) is 0.579.